The van der Waals surface area contributed by atoms with E-state index in [2.05, 4.69) is 69.4 Å². The maximum Gasteiger partial charge on any atom is 0.306 e. The number of rotatable bonds is 45. The van der Waals surface area contributed by atoms with Crippen molar-refractivity contribution in [2.45, 2.75) is 258 Å². The fourth-order valence-corrected chi connectivity index (χ4v) is 6.96. The monoisotopic (exact) mass is 827 g/mol. The molecule has 0 aliphatic heterocycles. The number of hydrogen-bond donors (Lipinski definition) is 0. The minimum atomic E-state index is -0.782. The second-order valence-corrected chi connectivity index (χ2v) is 16.7. The second kappa shape index (κ2) is 48.0. The number of hydrogen-bond acceptors (Lipinski definition) is 6. The molecule has 0 aliphatic carbocycles. The third-order valence-corrected chi connectivity index (χ3v) is 10.8. The molecule has 0 aromatic carbocycles. The Hall–Kier alpha value is -2.63. The highest BCUT2D eigenvalue weighted by Gasteiger charge is 2.19. The van der Waals surface area contributed by atoms with Gasteiger partial charge in [0, 0.05) is 19.3 Å². The average molecular weight is 827 g/mol. The molecule has 0 aliphatic rings. The van der Waals surface area contributed by atoms with Crippen LogP contribution in [0.1, 0.15) is 252 Å². The van der Waals surface area contributed by atoms with Crippen LogP contribution in [0.25, 0.3) is 0 Å². The molecule has 0 heterocycles. The van der Waals surface area contributed by atoms with Crippen molar-refractivity contribution in [3.63, 3.8) is 0 Å². The Kier molecular flexibility index (Phi) is 45.9. The quantitative estimate of drug-likeness (QED) is 0.0263. The van der Waals surface area contributed by atoms with Gasteiger partial charge in [-0.1, -0.05) is 204 Å². The van der Waals surface area contributed by atoms with E-state index in [-0.39, 0.29) is 31.1 Å². The van der Waals surface area contributed by atoms with E-state index in [0.717, 1.165) is 103 Å². The normalized spacial score (nSPS) is 12.4. The van der Waals surface area contributed by atoms with E-state index in [0.29, 0.717) is 19.3 Å². The Labute approximate surface area is 365 Å². The average Bonchev–Trinajstić information content (AvgIpc) is 3.23. The maximum atomic E-state index is 12.8. The van der Waals surface area contributed by atoms with Crippen LogP contribution in [-0.2, 0) is 28.6 Å². The van der Waals surface area contributed by atoms with E-state index in [4.69, 9.17) is 14.2 Å². The summed E-state index contributed by atoms with van der Waals surface area (Å²) in [5.41, 5.74) is 0. The summed E-state index contributed by atoms with van der Waals surface area (Å²) in [6.07, 6.45) is 56.5. The molecule has 0 N–H and O–H groups in total. The van der Waals surface area contributed by atoms with Crippen molar-refractivity contribution in [3.8, 4) is 0 Å². The summed E-state index contributed by atoms with van der Waals surface area (Å²) in [6, 6.07) is 0. The Bertz CT molecular complexity index is 1040. The van der Waals surface area contributed by atoms with E-state index in [1.165, 1.54) is 109 Å². The topological polar surface area (TPSA) is 78.9 Å². The van der Waals surface area contributed by atoms with Gasteiger partial charge in [0.2, 0.25) is 0 Å². The minimum absolute atomic E-state index is 0.0815. The number of esters is 3. The molecule has 0 spiro atoms. The number of ether oxygens (including phenoxy) is 3. The standard InChI is InChI=1S/C53H94O6/c1-4-7-10-13-16-19-22-25-27-29-31-34-37-40-43-46-52(55)58-49-50(48-57-51(54)45-42-39-36-33-30-24-21-18-15-12-9-6-3)59-53(56)47-44-41-38-35-32-28-26-23-20-17-14-11-8-5-2/h14,16-17,19,23,25-27,50H,4-13,15,18,20-22,24,28-49H2,1-3H3/b17-14-,19-16-,26-23-,27-25-/t50-/m1/s1. The van der Waals surface area contributed by atoms with Crippen molar-refractivity contribution >= 4 is 17.9 Å². The first-order valence-electron chi connectivity index (χ1n) is 25.1. The third-order valence-electron chi connectivity index (χ3n) is 10.8. The third kappa shape index (κ3) is 46.3. The molecule has 342 valence electrons. The molecule has 0 radical (unpaired) electrons. The summed E-state index contributed by atoms with van der Waals surface area (Å²) in [5.74, 6) is -0.905. The van der Waals surface area contributed by atoms with E-state index < -0.39 is 6.10 Å². The molecular formula is C53H94O6. The zero-order valence-electron chi connectivity index (χ0n) is 39.0. The van der Waals surface area contributed by atoms with Crippen LogP contribution in [0.4, 0.5) is 0 Å². The highest BCUT2D eigenvalue weighted by Crippen LogP contribution is 2.14. The van der Waals surface area contributed by atoms with Gasteiger partial charge in [0.1, 0.15) is 13.2 Å². The number of carbonyl (C=O) groups excluding carboxylic acids is 3. The second-order valence-electron chi connectivity index (χ2n) is 16.7. The van der Waals surface area contributed by atoms with Crippen molar-refractivity contribution in [1.29, 1.82) is 0 Å². The van der Waals surface area contributed by atoms with Crippen LogP contribution in [0.5, 0.6) is 0 Å². The molecule has 0 bridgehead atoms. The minimum Gasteiger partial charge on any atom is -0.462 e. The van der Waals surface area contributed by atoms with Gasteiger partial charge in [0.15, 0.2) is 6.10 Å². The molecule has 6 heteroatoms. The van der Waals surface area contributed by atoms with Gasteiger partial charge in [-0.15, -0.1) is 0 Å². The predicted molar refractivity (Wildman–Crippen MR) is 252 cm³/mol. The fraction of sp³-hybridized carbons (Fsp3) is 0.792. The lowest BCUT2D eigenvalue weighted by Crippen LogP contribution is -2.30. The van der Waals surface area contributed by atoms with Gasteiger partial charge >= 0.3 is 17.9 Å². The van der Waals surface area contributed by atoms with Crippen molar-refractivity contribution < 1.29 is 28.6 Å². The van der Waals surface area contributed by atoms with Crippen LogP contribution in [-0.4, -0.2) is 37.2 Å². The summed E-state index contributed by atoms with van der Waals surface area (Å²) < 4.78 is 16.8. The molecule has 6 nitrogen and oxygen atoms in total. The van der Waals surface area contributed by atoms with Gasteiger partial charge in [0.05, 0.1) is 0 Å². The van der Waals surface area contributed by atoms with E-state index in [9.17, 15) is 14.4 Å². The summed E-state index contributed by atoms with van der Waals surface area (Å²) in [7, 11) is 0. The van der Waals surface area contributed by atoms with Crippen molar-refractivity contribution in [2.24, 2.45) is 0 Å². The smallest absolute Gasteiger partial charge is 0.306 e. The van der Waals surface area contributed by atoms with Crippen LogP contribution in [0.15, 0.2) is 48.6 Å². The summed E-state index contributed by atoms with van der Waals surface area (Å²) in [4.78, 5) is 37.9. The molecule has 0 amide bonds. The molecular weight excluding hydrogens is 733 g/mol. The summed E-state index contributed by atoms with van der Waals surface area (Å²) in [6.45, 7) is 6.55. The zero-order valence-corrected chi connectivity index (χ0v) is 39.0. The number of allylic oxidation sites excluding steroid dienone is 8. The molecule has 0 fully saturated rings. The summed E-state index contributed by atoms with van der Waals surface area (Å²) >= 11 is 0. The van der Waals surface area contributed by atoms with E-state index in [1.54, 1.807) is 0 Å². The first-order chi connectivity index (χ1) is 29.0. The summed E-state index contributed by atoms with van der Waals surface area (Å²) in [5, 5.41) is 0. The van der Waals surface area contributed by atoms with Gasteiger partial charge < -0.3 is 14.2 Å². The van der Waals surface area contributed by atoms with E-state index >= 15 is 0 Å². The molecule has 0 aromatic heterocycles. The molecule has 0 aromatic rings. The molecule has 1 atom stereocenters. The van der Waals surface area contributed by atoms with E-state index in [1.807, 2.05) is 0 Å². The Morgan fingerprint density at radius 1 is 0.339 bits per heavy atom. The van der Waals surface area contributed by atoms with Crippen LogP contribution in [0.3, 0.4) is 0 Å². The molecule has 59 heavy (non-hydrogen) atoms. The van der Waals surface area contributed by atoms with Gasteiger partial charge in [-0.3, -0.25) is 14.4 Å². The Balaban J connectivity index is 4.41. The van der Waals surface area contributed by atoms with Gasteiger partial charge in [-0.05, 0) is 77.0 Å². The Morgan fingerprint density at radius 3 is 1.02 bits per heavy atom. The van der Waals surface area contributed by atoms with Gasteiger partial charge in [-0.2, -0.15) is 0 Å². The first-order valence-corrected chi connectivity index (χ1v) is 25.1. The van der Waals surface area contributed by atoms with Crippen LogP contribution in [0, 0.1) is 0 Å². The van der Waals surface area contributed by atoms with Gasteiger partial charge in [-0.25, -0.2) is 0 Å². The first kappa shape index (κ1) is 56.4. The van der Waals surface area contributed by atoms with Crippen molar-refractivity contribution in [3.05, 3.63) is 48.6 Å². The maximum absolute atomic E-state index is 12.8. The molecule has 0 unspecified atom stereocenters. The SMILES string of the molecule is CCCC/C=C\C/C=C\CCCCCCCC(=O)O[C@@H](COC(=O)CCCCCCC/C=C\C/C=C\CCCCC)COC(=O)CCCCCCCCCCCCCC. The van der Waals surface area contributed by atoms with Crippen molar-refractivity contribution in [2.75, 3.05) is 13.2 Å². The van der Waals surface area contributed by atoms with Gasteiger partial charge in [0.25, 0.3) is 0 Å². The highest BCUT2D eigenvalue weighted by molar-refractivity contribution is 5.71. The lowest BCUT2D eigenvalue weighted by Gasteiger charge is -2.18. The lowest BCUT2D eigenvalue weighted by atomic mass is 10.0. The largest absolute Gasteiger partial charge is 0.462 e. The number of unbranched alkanes of at least 4 members (excludes halogenated alkanes) is 26. The highest BCUT2D eigenvalue weighted by atomic mass is 16.6. The molecule has 0 rings (SSSR count). The number of carbonyl (C=O) groups is 3. The zero-order chi connectivity index (χ0) is 43.0. The lowest BCUT2D eigenvalue weighted by molar-refractivity contribution is -0.167. The predicted octanol–water partition coefficient (Wildman–Crippen LogP) is 16.3. The molecule has 0 saturated carbocycles. The molecule has 0 saturated heterocycles. The van der Waals surface area contributed by atoms with Crippen LogP contribution in [0.2, 0.25) is 0 Å². The van der Waals surface area contributed by atoms with Crippen LogP contribution >= 0.6 is 0 Å². The van der Waals surface area contributed by atoms with Crippen LogP contribution < -0.4 is 0 Å². The fourth-order valence-electron chi connectivity index (χ4n) is 6.96. The Morgan fingerprint density at radius 2 is 0.627 bits per heavy atom. The van der Waals surface area contributed by atoms with Crippen molar-refractivity contribution in [1.82, 2.24) is 0 Å².